The number of carbonyl (C=O) groups excluding carboxylic acids is 3. The van der Waals surface area contributed by atoms with Crippen LogP contribution in [-0.4, -0.2) is 98.8 Å². The summed E-state index contributed by atoms with van der Waals surface area (Å²) in [5.41, 5.74) is -1.59. The summed E-state index contributed by atoms with van der Waals surface area (Å²) in [5.74, 6) is -1.53. The molecule has 21 nitrogen and oxygen atoms in total. The number of phosphoric acid groups is 1. The highest BCUT2D eigenvalue weighted by Gasteiger charge is 2.46. The van der Waals surface area contributed by atoms with E-state index in [2.05, 4.69) is 16.8 Å². The second kappa shape index (κ2) is 31.3. The molecule has 2 aliphatic heterocycles. The third kappa shape index (κ3) is 18.7. The number of H-pyrrole nitrogens is 1. The van der Waals surface area contributed by atoms with Gasteiger partial charge in [0.2, 0.25) is 6.54 Å². The second-order valence-corrected chi connectivity index (χ2v) is 21.9. The summed E-state index contributed by atoms with van der Waals surface area (Å²) in [6.45, 7) is 15.7. The van der Waals surface area contributed by atoms with E-state index >= 15 is 0 Å². The van der Waals surface area contributed by atoms with Crippen molar-refractivity contribution in [2.75, 3.05) is 33.0 Å². The van der Waals surface area contributed by atoms with Crippen molar-refractivity contribution in [3.05, 3.63) is 105 Å². The Morgan fingerprint density at radius 1 is 0.753 bits per heavy atom. The highest BCUT2D eigenvalue weighted by atomic mass is 31.2. The molecule has 5 rings (SSSR count). The number of ether oxygens (including phenoxy) is 4. The first-order chi connectivity index (χ1) is 36.9. The summed E-state index contributed by atoms with van der Waals surface area (Å²) < 4.78 is 58.2. The molecule has 22 heteroatoms. The van der Waals surface area contributed by atoms with Gasteiger partial charge in [-0.1, -0.05) is 103 Å². The monoisotopic (exact) mass is 1100 g/mol. The number of benzene rings is 1. The fourth-order valence-electron chi connectivity index (χ4n) is 9.37. The standard InChI is InChI=1S/C55H80N5O16P/c1-8-9-10-11-12-13-14-15-16-17-18-19-20-21-22-23-27-70-43-30-42(29-37(2)41(43)6)53(66)60-52(65)39(4)34-59(55(60)68)49-31-44(75-50(63)25-24-40(5)62)47(74-49)36-72-77(69,71-28-26-56-7)76-45-32-48(73-46(45)35-61)58-33-38(3)51(64)57-54(58)67/h29-30,33-34,44-49,61H,8-28,31-32,35-36H2,1-6H3,(H,57,64,67)/t44?,45?,46-,47-,48-,49-,77?/m1/s1. The Balaban J connectivity index is 1.26. The van der Waals surface area contributed by atoms with Gasteiger partial charge in [-0.05, 0) is 64.3 Å². The Morgan fingerprint density at radius 2 is 1.34 bits per heavy atom. The Kier molecular flexibility index (Phi) is 25.4. The van der Waals surface area contributed by atoms with Crippen LogP contribution in [0, 0.1) is 34.3 Å². The number of hydrogen-bond acceptors (Lipinski definition) is 16. The van der Waals surface area contributed by atoms with Crippen LogP contribution in [0.15, 0.2) is 43.7 Å². The van der Waals surface area contributed by atoms with Gasteiger partial charge in [0.15, 0.2) is 0 Å². The Hall–Kier alpha value is -5.33. The molecule has 0 radical (unpaired) electrons. The number of rotatable bonds is 34. The molecule has 0 aliphatic carbocycles. The van der Waals surface area contributed by atoms with E-state index in [1.807, 2.05) is 6.92 Å². The molecule has 3 unspecified atom stereocenters. The lowest BCUT2D eigenvalue weighted by atomic mass is 10.0. The normalized spacial score (nSPS) is 20.0. The minimum absolute atomic E-state index is 0.000904. The second-order valence-electron chi connectivity index (χ2n) is 20.2. The van der Waals surface area contributed by atoms with Crippen molar-refractivity contribution in [2.24, 2.45) is 0 Å². The van der Waals surface area contributed by atoms with Crippen molar-refractivity contribution in [2.45, 2.75) is 207 Å². The number of aliphatic hydroxyl groups excluding tert-OH is 1. The van der Waals surface area contributed by atoms with Gasteiger partial charge in [-0.2, -0.15) is 4.57 Å². The maximum Gasteiger partial charge on any atom is 0.475 e. The Labute approximate surface area is 450 Å². The zero-order valence-electron chi connectivity index (χ0n) is 45.8. The molecule has 0 amide bonds. The van der Waals surface area contributed by atoms with E-state index in [-0.39, 0.29) is 54.7 Å². The molecule has 7 atom stereocenters. The smallest absolute Gasteiger partial charge is 0.475 e. The molecule has 2 fully saturated rings. The Morgan fingerprint density at radius 3 is 1.95 bits per heavy atom. The van der Waals surface area contributed by atoms with Crippen LogP contribution < -0.4 is 27.2 Å². The van der Waals surface area contributed by atoms with Gasteiger partial charge in [0.05, 0.1) is 26.2 Å². The van der Waals surface area contributed by atoms with Gasteiger partial charge < -0.3 is 33.7 Å². The van der Waals surface area contributed by atoms with Gasteiger partial charge >= 0.3 is 25.2 Å². The number of aromatic amines is 1. The van der Waals surface area contributed by atoms with Gasteiger partial charge in [-0.25, -0.2) is 20.7 Å². The number of aromatic nitrogens is 4. The van der Waals surface area contributed by atoms with Crippen LogP contribution >= 0.6 is 7.82 Å². The van der Waals surface area contributed by atoms with E-state index in [4.69, 9.17) is 39.1 Å². The molecular formula is C55H80N5O16P. The van der Waals surface area contributed by atoms with Crippen LogP contribution in [0.4, 0.5) is 0 Å². The Bertz CT molecular complexity index is 2780. The zero-order chi connectivity index (χ0) is 56.1. The topological polar surface area (TPSA) is 256 Å². The number of aliphatic hydroxyl groups is 1. The number of hydrogen-bond donors (Lipinski definition) is 2. The van der Waals surface area contributed by atoms with Crippen LogP contribution in [0.25, 0.3) is 4.85 Å². The van der Waals surface area contributed by atoms with Crippen LogP contribution in [0.3, 0.4) is 0 Å². The summed E-state index contributed by atoms with van der Waals surface area (Å²) in [6, 6.07) is 3.11. The van der Waals surface area contributed by atoms with Gasteiger partial charge in [0.1, 0.15) is 55.0 Å². The summed E-state index contributed by atoms with van der Waals surface area (Å²) in [5, 5.41) is 10.2. The first-order valence-corrected chi connectivity index (χ1v) is 28.8. The first-order valence-electron chi connectivity index (χ1n) is 27.4. The average Bonchev–Trinajstić information content (AvgIpc) is 4.01. The van der Waals surface area contributed by atoms with Gasteiger partial charge in [0.25, 0.3) is 17.0 Å². The molecule has 2 aromatic heterocycles. The molecular weight excluding hydrogens is 1020 g/mol. The van der Waals surface area contributed by atoms with Crippen LogP contribution in [0.5, 0.6) is 5.75 Å². The summed E-state index contributed by atoms with van der Waals surface area (Å²) in [4.78, 5) is 97.4. The number of carbonyl (C=O) groups is 3. The van der Waals surface area contributed by atoms with Gasteiger partial charge in [-0.15, -0.1) is 0 Å². The molecule has 77 heavy (non-hydrogen) atoms. The lowest BCUT2D eigenvalue weighted by Gasteiger charge is -2.25. The number of nitrogens with zero attached hydrogens (tertiary/aromatic N) is 4. The van der Waals surface area contributed by atoms with E-state index in [0.717, 1.165) is 34.0 Å². The van der Waals surface area contributed by atoms with Crippen molar-refractivity contribution in [3.63, 3.8) is 0 Å². The van der Waals surface area contributed by atoms with Crippen LogP contribution in [0.1, 0.15) is 187 Å². The predicted molar refractivity (Wildman–Crippen MR) is 286 cm³/mol. The lowest BCUT2D eigenvalue weighted by molar-refractivity contribution is -0.153. The molecule has 2 N–H and O–H groups in total. The quantitative estimate of drug-likeness (QED) is 0.0246. The zero-order valence-corrected chi connectivity index (χ0v) is 46.7. The summed E-state index contributed by atoms with van der Waals surface area (Å²) >= 11 is 0. The van der Waals surface area contributed by atoms with Crippen molar-refractivity contribution >= 4 is 25.5 Å². The van der Waals surface area contributed by atoms with Crippen LogP contribution in [0.2, 0.25) is 0 Å². The fraction of sp³-hybridized carbons (Fsp3) is 0.673. The molecule has 426 valence electrons. The number of ketones is 1. The van der Waals surface area contributed by atoms with Crippen molar-refractivity contribution in [3.8, 4) is 5.75 Å². The van der Waals surface area contributed by atoms with Crippen molar-refractivity contribution in [1.29, 1.82) is 0 Å². The minimum Gasteiger partial charge on any atom is -0.493 e. The number of phosphoric ester groups is 1. The molecule has 0 bridgehead atoms. The molecule has 4 heterocycles. The molecule has 2 saturated heterocycles. The number of aryl methyl sites for hydroxylation is 3. The number of unbranched alkanes of at least 4 members (excludes halogenated alkanes) is 15. The van der Waals surface area contributed by atoms with E-state index < -0.39 is 98.9 Å². The molecule has 2 aliphatic rings. The van der Waals surface area contributed by atoms with E-state index in [9.17, 15) is 43.2 Å². The minimum atomic E-state index is -4.76. The third-order valence-electron chi connectivity index (χ3n) is 14.0. The predicted octanol–water partition coefficient (Wildman–Crippen LogP) is 8.42. The summed E-state index contributed by atoms with van der Waals surface area (Å²) in [7, 11) is -4.76. The van der Waals surface area contributed by atoms with E-state index in [1.165, 1.54) is 123 Å². The first kappa shape index (κ1) is 62.5. The molecule has 0 saturated carbocycles. The molecule has 0 spiro atoms. The van der Waals surface area contributed by atoms with E-state index in [1.54, 1.807) is 13.0 Å². The summed E-state index contributed by atoms with van der Waals surface area (Å²) in [6.07, 6.45) is 14.2. The average molecular weight is 1100 g/mol. The number of Topliss-reactive ketones (excluding diaryl/α,β-unsaturated/α-hetero) is 1. The third-order valence-corrected chi connectivity index (χ3v) is 15.5. The van der Waals surface area contributed by atoms with Gasteiger partial charge in [-0.3, -0.25) is 46.9 Å². The van der Waals surface area contributed by atoms with E-state index in [0.29, 0.717) is 22.5 Å². The van der Waals surface area contributed by atoms with Crippen molar-refractivity contribution < 1.29 is 56.6 Å². The number of nitrogens with one attached hydrogen (secondary N) is 1. The molecule has 1 aromatic carbocycles. The molecule has 3 aromatic rings. The lowest BCUT2D eigenvalue weighted by Crippen LogP contribution is -2.45. The van der Waals surface area contributed by atoms with Crippen molar-refractivity contribution in [1.82, 2.24) is 18.7 Å². The van der Waals surface area contributed by atoms with Gasteiger partial charge in [0, 0.05) is 48.3 Å². The fourth-order valence-corrected chi connectivity index (χ4v) is 10.8. The highest BCUT2D eigenvalue weighted by molar-refractivity contribution is 7.48. The SMILES string of the molecule is [C-]#[N+]CCOP(=O)(OC[C@H]1O[C@@H](n2cc(C)c(=O)n(C(=O)c3cc(C)c(C)c(OCCCCCCCCCCCCCCCCCC)c3)c2=O)CC1OC(=O)CCC(C)=O)OC1C[C@H](n2cc(C)c(=O)[nH]c2=O)O[C@@H]1CO. The largest absolute Gasteiger partial charge is 0.493 e. The highest BCUT2D eigenvalue weighted by Crippen LogP contribution is 2.53. The maximum atomic E-state index is 14.4. The maximum absolute atomic E-state index is 14.4. The number of esters is 1. The van der Waals surface area contributed by atoms with Crippen LogP contribution in [-0.2, 0) is 41.9 Å².